The van der Waals surface area contributed by atoms with Crippen LogP contribution in [0.4, 0.5) is 5.69 Å². The first-order valence-electron chi connectivity index (χ1n) is 8.58. The second-order valence-electron chi connectivity index (χ2n) is 6.52. The van der Waals surface area contributed by atoms with E-state index in [-0.39, 0.29) is 11.9 Å². The summed E-state index contributed by atoms with van der Waals surface area (Å²) < 4.78 is 5.09. The van der Waals surface area contributed by atoms with Gasteiger partial charge in [-0.3, -0.25) is 9.48 Å². The summed E-state index contributed by atoms with van der Waals surface area (Å²) in [5, 5.41) is 9.33. The molecule has 0 unspecified atom stereocenters. The predicted molar refractivity (Wildman–Crippen MR) is 106 cm³/mol. The average Bonchev–Trinajstić information content (AvgIpc) is 3.31. The van der Waals surface area contributed by atoms with Gasteiger partial charge in [0.05, 0.1) is 16.8 Å². The predicted octanol–water partition coefficient (Wildman–Crippen LogP) is 4.78. The molecular formula is C20H20N4OS. The summed E-state index contributed by atoms with van der Waals surface area (Å²) in [5.41, 5.74) is 3.69. The number of hydrogen-bond acceptors (Lipinski definition) is 3. The molecule has 1 amide bonds. The van der Waals surface area contributed by atoms with Crippen LogP contribution in [0.2, 0.25) is 0 Å². The molecular weight excluding hydrogens is 344 g/mol. The monoisotopic (exact) mass is 364 g/mol. The van der Waals surface area contributed by atoms with E-state index in [1.165, 1.54) is 0 Å². The number of aromatic nitrogens is 3. The highest BCUT2D eigenvalue weighted by molar-refractivity contribution is 7.17. The number of anilines is 1. The van der Waals surface area contributed by atoms with Crippen LogP contribution in [0.3, 0.4) is 0 Å². The van der Waals surface area contributed by atoms with Gasteiger partial charge in [0.15, 0.2) is 0 Å². The number of rotatable bonds is 5. The zero-order chi connectivity index (χ0) is 18.1. The molecule has 3 heterocycles. The molecule has 0 aliphatic carbocycles. The Morgan fingerprint density at radius 3 is 2.88 bits per heavy atom. The van der Waals surface area contributed by atoms with Gasteiger partial charge in [0.25, 0.3) is 5.91 Å². The third-order valence-electron chi connectivity index (χ3n) is 4.30. The largest absolute Gasteiger partial charge is 0.333 e. The maximum atomic E-state index is 12.9. The fraction of sp³-hybridized carbons (Fsp3) is 0.200. The Morgan fingerprint density at radius 2 is 2.12 bits per heavy atom. The molecule has 0 atom stereocenters. The van der Waals surface area contributed by atoms with Gasteiger partial charge in [0.2, 0.25) is 0 Å². The van der Waals surface area contributed by atoms with Gasteiger partial charge >= 0.3 is 0 Å². The molecule has 0 aliphatic heterocycles. The van der Waals surface area contributed by atoms with E-state index in [4.69, 9.17) is 0 Å². The molecule has 0 saturated heterocycles. The van der Waals surface area contributed by atoms with Crippen LogP contribution >= 0.6 is 11.3 Å². The van der Waals surface area contributed by atoms with Gasteiger partial charge < -0.3 is 9.88 Å². The average molecular weight is 364 g/mol. The van der Waals surface area contributed by atoms with Crippen molar-refractivity contribution in [3.8, 4) is 0 Å². The number of thiophene rings is 1. The smallest absolute Gasteiger partial charge is 0.272 e. The van der Waals surface area contributed by atoms with Gasteiger partial charge in [0, 0.05) is 24.1 Å². The number of amides is 1. The Morgan fingerprint density at radius 1 is 1.23 bits per heavy atom. The molecule has 6 heteroatoms. The summed E-state index contributed by atoms with van der Waals surface area (Å²) in [4.78, 5) is 12.9. The van der Waals surface area contributed by atoms with E-state index in [1.807, 2.05) is 47.3 Å². The lowest BCUT2D eigenvalue weighted by Gasteiger charge is -2.14. The molecule has 4 rings (SSSR count). The van der Waals surface area contributed by atoms with Crippen molar-refractivity contribution >= 4 is 33.1 Å². The van der Waals surface area contributed by atoms with E-state index in [1.54, 1.807) is 17.5 Å². The number of nitrogens with one attached hydrogen (secondary N) is 1. The lowest BCUT2D eigenvalue weighted by atomic mass is 10.2. The van der Waals surface area contributed by atoms with Gasteiger partial charge in [0.1, 0.15) is 5.69 Å². The Kier molecular flexibility index (Phi) is 4.34. The second kappa shape index (κ2) is 6.80. The SMILES string of the molecule is CC(C)n1c(C(=O)Nc2cccc(Cn3cccn3)c2)cc2sccc21. The number of fused-ring (bicyclic) bond motifs is 1. The van der Waals surface area contributed by atoms with Crippen LogP contribution in [0.1, 0.15) is 35.9 Å². The molecule has 26 heavy (non-hydrogen) atoms. The highest BCUT2D eigenvalue weighted by Crippen LogP contribution is 2.29. The Bertz CT molecular complexity index is 1040. The van der Waals surface area contributed by atoms with Gasteiger partial charge in [-0.25, -0.2) is 0 Å². The first-order chi connectivity index (χ1) is 12.6. The summed E-state index contributed by atoms with van der Waals surface area (Å²) in [5.74, 6) is -0.0849. The minimum absolute atomic E-state index is 0.0849. The minimum Gasteiger partial charge on any atom is -0.333 e. The van der Waals surface area contributed by atoms with Crippen LogP contribution in [-0.4, -0.2) is 20.3 Å². The highest BCUT2D eigenvalue weighted by Gasteiger charge is 2.18. The lowest BCUT2D eigenvalue weighted by molar-refractivity contribution is 0.101. The normalized spacial score (nSPS) is 11.3. The molecule has 0 spiro atoms. The van der Waals surface area contributed by atoms with Crippen molar-refractivity contribution in [1.82, 2.24) is 14.3 Å². The minimum atomic E-state index is -0.0849. The number of benzene rings is 1. The maximum absolute atomic E-state index is 12.9. The number of nitrogens with zero attached hydrogens (tertiary/aromatic N) is 3. The molecule has 132 valence electrons. The molecule has 0 saturated carbocycles. The standard InChI is InChI=1S/C20H20N4OS/c1-14(2)24-17-7-10-26-19(17)12-18(24)20(25)22-16-6-3-5-15(11-16)13-23-9-4-8-21-23/h3-12,14H,13H2,1-2H3,(H,22,25). The third-order valence-corrected chi connectivity index (χ3v) is 5.15. The number of hydrogen-bond donors (Lipinski definition) is 1. The van der Waals surface area contributed by atoms with Crippen molar-refractivity contribution in [2.24, 2.45) is 0 Å². The van der Waals surface area contributed by atoms with E-state index in [0.717, 1.165) is 21.5 Å². The van der Waals surface area contributed by atoms with Gasteiger partial charge in [-0.2, -0.15) is 5.10 Å². The van der Waals surface area contributed by atoms with Gasteiger partial charge in [-0.05, 0) is 55.1 Å². The van der Waals surface area contributed by atoms with E-state index in [0.29, 0.717) is 12.2 Å². The molecule has 0 bridgehead atoms. The van der Waals surface area contributed by atoms with Gasteiger partial charge in [-0.1, -0.05) is 12.1 Å². The van der Waals surface area contributed by atoms with E-state index in [9.17, 15) is 4.79 Å². The van der Waals surface area contributed by atoms with Crippen LogP contribution in [0.5, 0.6) is 0 Å². The van der Waals surface area contributed by atoms with E-state index in [2.05, 4.69) is 40.3 Å². The maximum Gasteiger partial charge on any atom is 0.272 e. The summed E-state index contributed by atoms with van der Waals surface area (Å²) in [6.07, 6.45) is 3.69. The Labute approximate surface area is 155 Å². The van der Waals surface area contributed by atoms with Crippen molar-refractivity contribution in [3.63, 3.8) is 0 Å². The molecule has 5 nitrogen and oxygen atoms in total. The topological polar surface area (TPSA) is 51.9 Å². The van der Waals surface area contributed by atoms with Crippen molar-refractivity contribution < 1.29 is 4.79 Å². The Hall–Kier alpha value is -2.86. The molecule has 1 aromatic carbocycles. The molecule has 0 radical (unpaired) electrons. The van der Waals surface area contributed by atoms with Gasteiger partial charge in [-0.15, -0.1) is 11.3 Å². The zero-order valence-electron chi connectivity index (χ0n) is 14.7. The van der Waals surface area contributed by atoms with Crippen LogP contribution in [0, 0.1) is 0 Å². The molecule has 0 aliphatic rings. The number of carbonyl (C=O) groups is 1. The first kappa shape index (κ1) is 16.6. The van der Waals surface area contributed by atoms with Crippen molar-refractivity contribution in [1.29, 1.82) is 0 Å². The van der Waals surface area contributed by atoms with Crippen LogP contribution < -0.4 is 5.32 Å². The molecule has 0 fully saturated rings. The summed E-state index contributed by atoms with van der Waals surface area (Å²) >= 11 is 1.66. The number of carbonyl (C=O) groups excluding carboxylic acids is 1. The molecule has 3 aromatic heterocycles. The Balaban J connectivity index is 1.59. The fourth-order valence-electron chi connectivity index (χ4n) is 3.20. The first-order valence-corrected chi connectivity index (χ1v) is 9.46. The lowest BCUT2D eigenvalue weighted by Crippen LogP contribution is -2.18. The fourth-order valence-corrected chi connectivity index (χ4v) is 4.01. The van der Waals surface area contributed by atoms with Crippen LogP contribution in [0.15, 0.2) is 60.2 Å². The molecule has 4 aromatic rings. The molecule has 1 N–H and O–H groups in total. The van der Waals surface area contributed by atoms with Crippen LogP contribution in [-0.2, 0) is 6.54 Å². The van der Waals surface area contributed by atoms with E-state index >= 15 is 0 Å². The quantitative estimate of drug-likeness (QED) is 0.554. The summed E-state index contributed by atoms with van der Waals surface area (Å²) in [7, 11) is 0. The summed E-state index contributed by atoms with van der Waals surface area (Å²) in [6, 6.07) is 14.1. The zero-order valence-corrected chi connectivity index (χ0v) is 15.5. The second-order valence-corrected chi connectivity index (χ2v) is 7.47. The highest BCUT2D eigenvalue weighted by atomic mass is 32.1. The van der Waals surface area contributed by atoms with E-state index < -0.39 is 0 Å². The van der Waals surface area contributed by atoms with Crippen molar-refractivity contribution in [2.45, 2.75) is 26.4 Å². The van der Waals surface area contributed by atoms with Crippen molar-refractivity contribution in [2.75, 3.05) is 5.32 Å². The summed E-state index contributed by atoms with van der Waals surface area (Å²) in [6.45, 7) is 4.87. The van der Waals surface area contributed by atoms with Crippen LogP contribution in [0.25, 0.3) is 10.2 Å². The van der Waals surface area contributed by atoms with Crippen molar-refractivity contribution in [3.05, 3.63) is 71.5 Å². The third kappa shape index (κ3) is 3.15.